The zero-order valence-corrected chi connectivity index (χ0v) is 8.74. The molecule has 0 fully saturated rings. The molecule has 0 saturated carbocycles. The average Bonchev–Trinajstić information content (AvgIpc) is 2.14. The Kier molecular flexibility index (Phi) is 4.05. The molecule has 1 aromatic carbocycles. The van der Waals surface area contributed by atoms with Crippen LogP contribution < -0.4 is 0 Å². The fourth-order valence-corrected chi connectivity index (χ4v) is 1.10. The normalized spacial score (nSPS) is 9.43. The smallest absolute Gasteiger partial charge is 0.132 e. The fourth-order valence-electron chi connectivity index (χ4n) is 0.962. The lowest BCUT2D eigenvalue weighted by atomic mass is 10.1. The van der Waals surface area contributed by atoms with E-state index in [-0.39, 0.29) is 11.1 Å². The Morgan fingerprint density at radius 1 is 1.29 bits per heavy atom. The number of hydrogen-bond donors (Lipinski definition) is 1. The van der Waals surface area contributed by atoms with Crippen LogP contribution in [0.3, 0.4) is 0 Å². The minimum absolute atomic E-state index is 0.261. The molecule has 0 aromatic heterocycles. The monoisotopic (exact) mass is 260 g/mol. The zero-order chi connectivity index (χ0) is 10.6. The van der Waals surface area contributed by atoms with Crippen LogP contribution in [0, 0.1) is 23.5 Å². The van der Waals surface area contributed by atoms with Gasteiger partial charge in [0.2, 0.25) is 0 Å². The number of alkyl halides is 1. The molecule has 0 aliphatic carbocycles. The summed E-state index contributed by atoms with van der Waals surface area (Å²) in [5, 5.41) is 9.09. The lowest BCUT2D eigenvalue weighted by Crippen LogP contribution is -1.96. The number of benzene rings is 1. The van der Waals surface area contributed by atoms with Crippen molar-refractivity contribution in [2.75, 3.05) is 5.33 Å². The standard InChI is InChI=1S/C10H7BrF2O/c11-3-1-2-7-4-9(12)8(6-14)10(13)5-7/h4-5,14H,3,6H2. The summed E-state index contributed by atoms with van der Waals surface area (Å²) in [5.74, 6) is 3.65. The Morgan fingerprint density at radius 2 is 1.86 bits per heavy atom. The third kappa shape index (κ3) is 2.53. The van der Waals surface area contributed by atoms with Crippen molar-refractivity contribution in [3.63, 3.8) is 0 Å². The molecular weight excluding hydrogens is 254 g/mol. The highest BCUT2D eigenvalue weighted by atomic mass is 79.9. The Morgan fingerprint density at radius 3 is 2.29 bits per heavy atom. The van der Waals surface area contributed by atoms with Crippen LogP contribution in [0.5, 0.6) is 0 Å². The van der Waals surface area contributed by atoms with E-state index in [1.807, 2.05) is 0 Å². The summed E-state index contributed by atoms with van der Waals surface area (Å²) in [6.45, 7) is -0.649. The molecule has 0 aliphatic heterocycles. The molecule has 4 heteroatoms. The molecule has 0 spiro atoms. The molecule has 0 aliphatic rings. The van der Waals surface area contributed by atoms with Crippen LogP contribution in [0.25, 0.3) is 0 Å². The zero-order valence-electron chi connectivity index (χ0n) is 7.15. The summed E-state index contributed by atoms with van der Waals surface area (Å²) < 4.78 is 26.1. The van der Waals surface area contributed by atoms with E-state index in [2.05, 4.69) is 27.8 Å². The van der Waals surface area contributed by atoms with Gasteiger partial charge < -0.3 is 5.11 Å². The molecule has 1 nitrogen and oxygen atoms in total. The van der Waals surface area contributed by atoms with Gasteiger partial charge in [0, 0.05) is 11.1 Å². The Labute approximate surface area is 88.9 Å². The first kappa shape index (κ1) is 11.2. The maximum absolute atomic E-state index is 13.1. The van der Waals surface area contributed by atoms with Gasteiger partial charge in [0.25, 0.3) is 0 Å². The van der Waals surface area contributed by atoms with Gasteiger partial charge in [0.05, 0.1) is 11.9 Å². The molecule has 0 saturated heterocycles. The molecule has 0 heterocycles. The van der Waals surface area contributed by atoms with Crippen molar-refractivity contribution in [3.8, 4) is 11.8 Å². The van der Waals surface area contributed by atoms with Crippen molar-refractivity contribution in [2.24, 2.45) is 0 Å². The fraction of sp³-hybridized carbons (Fsp3) is 0.200. The molecule has 0 unspecified atom stereocenters. The van der Waals surface area contributed by atoms with Crippen LogP contribution in [0.1, 0.15) is 11.1 Å². The van der Waals surface area contributed by atoms with E-state index in [0.29, 0.717) is 5.33 Å². The van der Waals surface area contributed by atoms with Crippen LogP contribution in [0.15, 0.2) is 12.1 Å². The van der Waals surface area contributed by atoms with E-state index >= 15 is 0 Å². The average molecular weight is 261 g/mol. The summed E-state index contributed by atoms with van der Waals surface area (Å²) in [6.07, 6.45) is 0. The van der Waals surface area contributed by atoms with E-state index in [4.69, 9.17) is 5.11 Å². The summed E-state index contributed by atoms with van der Waals surface area (Å²) >= 11 is 3.07. The summed E-state index contributed by atoms with van der Waals surface area (Å²) in [4.78, 5) is 0. The van der Waals surface area contributed by atoms with Gasteiger partial charge in [0.1, 0.15) is 11.6 Å². The lowest BCUT2D eigenvalue weighted by Gasteiger charge is -2.01. The van der Waals surface area contributed by atoms with Crippen LogP contribution in [-0.4, -0.2) is 10.4 Å². The first-order valence-corrected chi connectivity index (χ1v) is 4.94. The highest BCUT2D eigenvalue weighted by molar-refractivity contribution is 9.09. The van der Waals surface area contributed by atoms with Gasteiger partial charge >= 0.3 is 0 Å². The molecular formula is C10H7BrF2O. The first-order valence-electron chi connectivity index (χ1n) is 3.82. The minimum atomic E-state index is -0.772. The largest absolute Gasteiger partial charge is 0.391 e. The third-order valence-electron chi connectivity index (χ3n) is 1.60. The Bertz CT molecular complexity index is 370. The van der Waals surface area contributed by atoms with Gasteiger partial charge in [-0.1, -0.05) is 27.8 Å². The second-order valence-electron chi connectivity index (χ2n) is 2.51. The second kappa shape index (κ2) is 5.08. The van der Waals surface area contributed by atoms with E-state index in [1.54, 1.807) is 0 Å². The molecule has 0 radical (unpaired) electrons. The van der Waals surface area contributed by atoms with Crippen LogP contribution in [-0.2, 0) is 6.61 Å². The van der Waals surface area contributed by atoms with Crippen molar-refractivity contribution in [2.45, 2.75) is 6.61 Å². The highest BCUT2D eigenvalue weighted by Crippen LogP contribution is 2.14. The molecule has 1 N–H and O–H groups in total. The predicted molar refractivity (Wildman–Crippen MR) is 53.0 cm³/mol. The van der Waals surface area contributed by atoms with Crippen LogP contribution in [0.2, 0.25) is 0 Å². The molecule has 1 rings (SSSR count). The Hall–Kier alpha value is -0.920. The number of halogens is 3. The van der Waals surface area contributed by atoms with Gasteiger partial charge in [-0.25, -0.2) is 8.78 Å². The molecule has 14 heavy (non-hydrogen) atoms. The van der Waals surface area contributed by atoms with Gasteiger partial charge in [-0.2, -0.15) is 0 Å². The minimum Gasteiger partial charge on any atom is -0.391 e. The van der Waals surface area contributed by atoms with Crippen molar-refractivity contribution >= 4 is 15.9 Å². The van der Waals surface area contributed by atoms with E-state index in [9.17, 15) is 8.78 Å². The molecule has 0 atom stereocenters. The van der Waals surface area contributed by atoms with Crippen molar-refractivity contribution < 1.29 is 13.9 Å². The van der Waals surface area contributed by atoms with Crippen molar-refractivity contribution in [1.82, 2.24) is 0 Å². The molecule has 74 valence electrons. The summed E-state index contributed by atoms with van der Waals surface area (Å²) in [6, 6.07) is 2.20. The number of aliphatic hydroxyl groups excluding tert-OH is 1. The van der Waals surface area contributed by atoms with E-state index in [1.165, 1.54) is 0 Å². The third-order valence-corrected chi connectivity index (χ3v) is 1.88. The van der Waals surface area contributed by atoms with Gasteiger partial charge in [-0.05, 0) is 12.1 Å². The maximum atomic E-state index is 13.1. The quantitative estimate of drug-likeness (QED) is 0.607. The van der Waals surface area contributed by atoms with Gasteiger partial charge in [-0.3, -0.25) is 0 Å². The number of aliphatic hydroxyl groups is 1. The second-order valence-corrected chi connectivity index (χ2v) is 3.07. The topological polar surface area (TPSA) is 20.2 Å². The van der Waals surface area contributed by atoms with Crippen LogP contribution >= 0.6 is 15.9 Å². The van der Waals surface area contributed by atoms with Gasteiger partial charge in [0.15, 0.2) is 0 Å². The van der Waals surface area contributed by atoms with E-state index in [0.717, 1.165) is 12.1 Å². The van der Waals surface area contributed by atoms with Crippen molar-refractivity contribution in [3.05, 3.63) is 34.9 Å². The number of hydrogen-bond acceptors (Lipinski definition) is 1. The van der Waals surface area contributed by atoms with Crippen molar-refractivity contribution in [1.29, 1.82) is 0 Å². The highest BCUT2D eigenvalue weighted by Gasteiger charge is 2.08. The lowest BCUT2D eigenvalue weighted by molar-refractivity contribution is 0.269. The Balaban J connectivity index is 3.14. The predicted octanol–water partition coefficient (Wildman–Crippen LogP) is 2.20. The SMILES string of the molecule is OCc1c(F)cc(C#CCBr)cc1F. The van der Waals surface area contributed by atoms with E-state index < -0.39 is 18.2 Å². The summed E-state index contributed by atoms with van der Waals surface area (Å²) in [5.41, 5.74) is -0.0638. The maximum Gasteiger partial charge on any atom is 0.132 e. The molecule has 1 aromatic rings. The van der Waals surface area contributed by atoms with Crippen LogP contribution in [0.4, 0.5) is 8.78 Å². The molecule has 0 amide bonds. The van der Waals surface area contributed by atoms with Gasteiger partial charge in [-0.15, -0.1) is 0 Å². The first-order chi connectivity index (χ1) is 6.69. The number of rotatable bonds is 1. The molecule has 0 bridgehead atoms. The summed E-state index contributed by atoms with van der Waals surface area (Å²) in [7, 11) is 0.